The number of benzene rings is 1. The van der Waals surface area contributed by atoms with E-state index in [1.165, 1.54) is 34.7 Å². The van der Waals surface area contributed by atoms with Crippen LogP contribution in [0.1, 0.15) is 33.9 Å². The number of amides is 1. The van der Waals surface area contributed by atoms with Crippen LogP contribution < -0.4 is 32.4 Å². The van der Waals surface area contributed by atoms with E-state index >= 15 is 0 Å². The Morgan fingerprint density at radius 1 is 1.08 bits per heavy atom. The van der Waals surface area contributed by atoms with Crippen LogP contribution in [0.15, 0.2) is 53.5 Å². The fraction of sp³-hybridized carbons (Fsp3) is 0.174. The summed E-state index contributed by atoms with van der Waals surface area (Å²) < 4.78 is 32.9. The minimum Gasteiger partial charge on any atom is -0.542 e. The molecule has 208 valence electrons. The minimum absolute atomic E-state index is 0.0568. The van der Waals surface area contributed by atoms with E-state index in [2.05, 4.69) is 10.3 Å². The van der Waals surface area contributed by atoms with Gasteiger partial charge in [0.25, 0.3) is 11.5 Å². The Balaban J connectivity index is 0.000000673. The third-order valence-corrected chi connectivity index (χ3v) is 5.26. The topological polar surface area (TPSA) is 194 Å². The molecule has 1 aromatic carbocycles. The van der Waals surface area contributed by atoms with Crippen molar-refractivity contribution in [2.24, 2.45) is 11.5 Å². The van der Waals surface area contributed by atoms with Crippen LogP contribution in [0.5, 0.6) is 0 Å². The van der Waals surface area contributed by atoms with Crippen LogP contribution in [0.3, 0.4) is 0 Å². The van der Waals surface area contributed by atoms with Gasteiger partial charge in [-0.2, -0.15) is 13.2 Å². The molecule has 1 atom stereocenters. The zero-order chi connectivity index (χ0) is 29.5. The normalized spacial score (nSPS) is 11.6. The molecule has 0 aliphatic rings. The van der Waals surface area contributed by atoms with Crippen LogP contribution in [0.4, 0.5) is 13.2 Å². The number of carbonyl (C=O) groups is 3. The number of guanidine groups is 1. The maximum atomic E-state index is 12.9. The first-order valence-corrected chi connectivity index (χ1v) is 11.4. The molecule has 0 aliphatic heterocycles. The molecule has 11 nitrogen and oxygen atoms in total. The van der Waals surface area contributed by atoms with E-state index in [-0.39, 0.29) is 11.5 Å². The van der Waals surface area contributed by atoms with Gasteiger partial charge in [0.05, 0.1) is 19.0 Å². The molecule has 0 bridgehead atoms. The quantitative estimate of drug-likeness (QED) is 0.183. The molecule has 7 N–H and O–H groups in total. The van der Waals surface area contributed by atoms with Gasteiger partial charge in [-0.25, -0.2) is 0 Å². The Hall–Kier alpha value is -4.30. The first kappa shape index (κ1) is 30.9. The molecule has 16 heteroatoms. The third kappa shape index (κ3) is 9.50. The molecule has 0 radical (unpaired) electrons. The predicted octanol–water partition coefficient (Wildman–Crippen LogP) is -0.295. The molecular formula is C23H20Cl2F3N5O6. The number of carboxylic acids is 2. The van der Waals surface area contributed by atoms with Gasteiger partial charge in [0.2, 0.25) is 0 Å². The highest BCUT2D eigenvalue weighted by molar-refractivity contribution is 6.34. The Labute approximate surface area is 227 Å². The number of nitrogens with two attached hydrogens (primary N) is 2. The number of alkyl halides is 3. The summed E-state index contributed by atoms with van der Waals surface area (Å²) in [6.07, 6.45) is -3.98. The van der Waals surface area contributed by atoms with Gasteiger partial charge in [-0.3, -0.25) is 35.2 Å². The van der Waals surface area contributed by atoms with Crippen LogP contribution in [0.25, 0.3) is 5.52 Å². The minimum atomic E-state index is -5.19. The van der Waals surface area contributed by atoms with E-state index in [9.17, 15) is 32.7 Å². The van der Waals surface area contributed by atoms with Crippen molar-refractivity contribution in [3.63, 3.8) is 0 Å². The second-order valence-corrected chi connectivity index (χ2v) is 8.71. The molecule has 0 fully saturated rings. The van der Waals surface area contributed by atoms with Crippen molar-refractivity contribution in [2.75, 3.05) is 0 Å². The molecule has 1 amide bonds. The van der Waals surface area contributed by atoms with E-state index in [1.54, 1.807) is 18.3 Å². The lowest BCUT2D eigenvalue weighted by Crippen LogP contribution is -2.76. The number of hydrogen-bond donors (Lipinski definition) is 5. The summed E-state index contributed by atoms with van der Waals surface area (Å²) in [6.45, 7) is 0.325. The van der Waals surface area contributed by atoms with Crippen LogP contribution in [0.2, 0.25) is 10.0 Å². The van der Waals surface area contributed by atoms with Crippen molar-refractivity contribution in [1.29, 1.82) is 0 Å². The Bertz CT molecular complexity index is 1470. The number of nitrogens with zero attached hydrogens (tertiary/aromatic N) is 1. The lowest BCUT2D eigenvalue weighted by Gasteiger charge is -2.18. The molecule has 39 heavy (non-hydrogen) atoms. The summed E-state index contributed by atoms with van der Waals surface area (Å²) in [5, 5.41) is 21.3. The second kappa shape index (κ2) is 13.0. The number of carbonyl (C=O) groups excluding carboxylic acids is 2. The maximum Gasteiger partial charge on any atom is 0.430 e. The van der Waals surface area contributed by atoms with E-state index in [0.29, 0.717) is 27.7 Å². The zero-order valence-corrected chi connectivity index (χ0v) is 21.1. The lowest BCUT2D eigenvalue weighted by molar-refractivity contribution is -0.477. The van der Waals surface area contributed by atoms with Gasteiger partial charge < -0.3 is 20.3 Å². The predicted molar refractivity (Wildman–Crippen MR) is 132 cm³/mol. The van der Waals surface area contributed by atoms with Gasteiger partial charge >= 0.3 is 18.1 Å². The monoisotopic (exact) mass is 589 g/mol. The number of halogens is 5. The Morgan fingerprint density at radius 3 is 2.18 bits per heavy atom. The molecule has 2 aromatic heterocycles. The number of fused-ring (bicyclic) bond motifs is 1. The Kier molecular flexibility index (Phi) is 10.3. The summed E-state index contributed by atoms with van der Waals surface area (Å²) in [7, 11) is 0. The first-order chi connectivity index (χ1) is 18.1. The fourth-order valence-corrected chi connectivity index (χ4v) is 3.70. The van der Waals surface area contributed by atoms with Gasteiger partial charge in [0.1, 0.15) is 5.97 Å². The number of carboxylic acid groups (broad SMARTS) is 2. The van der Waals surface area contributed by atoms with Crippen molar-refractivity contribution in [3.05, 3.63) is 85.8 Å². The van der Waals surface area contributed by atoms with Crippen LogP contribution >= 0.6 is 23.2 Å². The molecule has 0 aliphatic carbocycles. The lowest BCUT2D eigenvalue weighted by atomic mass is 10.0. The zero-order valence-electron chi connectivity index (χ0n) is 19.6. The molecular weight excluding hydrogens is 570 g/mol. The second-order valence-electron chi connectivity index (χ2n) is 7.84. The van der Waals surface area contributed by atoms with Gasteiger partial charge in [-0.05, 0) is 35.9 Å². The Morgan fingerprint density at radius 2 is 1.67 bits per heavy atom. The standard InChI is InChI=1S/C21H19Cl2N5O4.C2HF3O2/c22-14-3-12(4-15(23)7-14)17(8-19(30)31)27-20(32)13-5-16-2-1-11(9-26-21(24)25)10-28(16)18(29)6-13;3-2(4,5)1(6)7/h1-7,10,17H,8-9H2,(H,27,32)(H,30,31)(H4,24,25,26);(H,6,7). The smallest absolute Gasteiger partial charge is 0.430 e. The van der Waals surface area contributed by atoms with Crippen molar-refractivity contribution in [1.82, 2.24) is 9.72 Å². The SMILES string of the molecule is NC(N)=[NH+]Cc1ccc2cc(C(=O)NC(CC(=O)O)c3cc(Cl)cc(Cl)c3)cc(=O)n2c1.O=C([O-])C(F)(F)F. The number of aliphatic carboxylic acids is 2. The van der Waals surface area contributed by atoms with Gasteiger partial charge in [-0.1, -0.05) is 29.3 Å². The van der Waals surface area contributed by atoms with E-state index < -0.39 is 42.0 Å². The van der Waals surface area contributed by atoms with Crippen molar-refractivity contribution in [3.8, 4) is 0 Å². The highest BCUT2D eigenvalue weighted by Gasteiger charge is 2.28. The van der Waals surface area contributed by atoms with Crippen molar-refractivity contribution in [2.45, 2.75) is 25.2 Å². The highest BCUT2D eigenvalue weighted by atomic mass is 35.5. The molecule has 0 saturated heterocycles. The number of hydrogen-bond acceptors (Lipinski definition) is 5. The molecule has 3 aromatic rings. The largest absolute Gasteiger partial charge is 0.542 e. The van der Waals surface area contributed by atoms with E-state index in [4.69, 9.17) is 44.6 Å². The average molecular weight is 590 g/mol. The summed E-state index contributed by atoms with van der Waals surface area (Å²) in [6, 6.07) is 9.78. The van der Waals surface area contributed by atoms with Crippen LogP contribution in [-0.2, 0) is 16.1 Å². The number of rotatable bonds is 7. The molecule has 0 spiro atoms. The first-order valence-electron chi connectivity index (χ1n) is 10.6. The average Bonchev–Trinajstić information content (AvgIpc) is 2.81. The summed E-state index contributed by atoms with van der Waals surface area (Å²) in [4.78, 5) is 48.3. The third-order valence-electron chi connectivity index (χ3n) is 4.82. The van der Waals surface area contributed by atoms with Crippen LogP contribution in [-0.4, -0.2) is 39.5 Å². The van der Waals surface area contributed by atoms with Crippen molar-refractivity contribution >= 4 is 52.5 Å². The van der Waals surface area contributed by atoms with Gasteiger partial charge in [0.15, 0.2) is 0 Å². The summed E-state index contributed by atoms with van der Waals surface area (Å²) in [5.74, 6) is -4.68. The number of nitrogens with one attached hydrogen (secondary N) is 2. The molecule has 1 unspecified atom stereocenters. The number of aromatic nitrogens is 1. The fourth-order valence-electron chi connectivity index (χ4n) is 3.15. The molecule has 2 heterocycles. The molecule has 0 saturated carbocycles. The van der Waals surface area contributed by atoms with Gasteiger partial charge in [0, 0.05) is 39.0 Å². The number of pyridine rings is 2. The molecule has 3 rings (SSSR count). The maximum absolute atomic E-state index is 12.9. The van der Waals surface area contributed by atoms with E-state index in [1.807, 2.05) is 0 Å². The summed E-state index contributed by atoms with van der Waals surface area (Å²) >= 11 is 12.0. The van der Waals surface area contributed by atoms with Gasteiger partial charge in [-0.15, -0.1) is 0 Å². The van der Waals surface area contributed by atoms with Crippen LogP contribution in [0, 0.1) is 0 Å². The van der Waals surface area contributed by atoms with E-state index in [0.717, 1.165) is 5.56 Å². The van der Waals surface area contributed by atoms with Crippen molar-refractivity contribution < 1.29 is 42.8 Å². The summed E-state index contributed by atoms with van der Waals surface area (Å²) in [5.41, 5.74) is 12.1. The highest BCUT2D eigenvalue weighted by Crippen LogP contribution is 2.26.